The standard InChI is InChI=1S/C10H17NO/c1-7(2)10(12)11-8-3-4-9(11)6-5-8/h7-9H,3-6H2,1-2H3. The van der Waals surface area contributed by atoms with Crippen LogP contribution in [0.2, 0.25) is 0 Å². The molecular weight excluding hydrogens is 150 g/mol. The quantitative estimate of drug-likeness (QED) is 0.583. The molecule has 0 spiro atoms. The van der Waals surface area contributed by atoms with Crippen molar-refractivity contribution in [3.63, 3.8) is 0 Å². The number of carbonyl (C=O) groups is 1. The predicted octanol–water partition coefficient (Wildman–Crippen LogP) is 1.80. The van der Waals surface area contributed by atoms with Gasteiger partial charge in [0.1, 0.15) is 0 Å². The molecule has 1 amide bonds. The second-order valence-electron chi connectivity index (χ2n) is 4.36. The summed E-state index contributed by atoms with van der Waals surface area (Å²) < 4.78 is 0. The zero-order chi connectivity index (χ0) is 8.72. The van der Waals surface area contributed by atoms with Gasteiger partial charge < -0.3 is 4.90 Å². The lowest BCUT2D eigenvalue weighted by Crippen LogP contribution is -2.37. The highest BCUT2D eigenvalue weighted by Crippen LogP contribution is 2.38. The minimum Gasteiger partial charge on any atom is -0.337 e. The maximum Gasteiger partial charge on any atom is 0.225 e. The van der Waals surface area contributed by atoms with E-state index in [4.69, 9.17) is 0 Å². The Morgan fingerprint density at radius 1 is 1.17 bits per heavy atom. The van der Waals surface area contributed by atoms with Crippen LogP contribution in [0.1, 0.15) is 39.5 Å². The van der Waals surface area contributed by atoms with E-state index in [0.717, 1.165) is 0 Å². The molecule has 0 N–H and O–H groups in total. The van der Waals surface area contributed by atoms with E-state index >= 15 is 0 Å². The molecule has 0 radical (unpaired) electrons. The Bertz CT molecular complexity index is 180. The summed E-state index contributed by atoms with van der Waals surface area (Å²) in [6, 6.07) is 1.20. The van der Waals surface area contributed by atoms with Crippen molar-refractivity contribution in [1.29, 1.82) is 0 Å². The van der Waals surface area contributed by atoms with Crippen LogP contribution >= 0.6 is 0 Å². The van der Waals surface area contributed by atoms with Gasteiger partial charge in [-0.05, 0) is 25.7 Å². The Kier molecular flexibility index (Phi) is 1.85. The van der Waals surface area contributed by atoms with Crippen molar-refractivity contribution in [3.8, 4) is 0 Å². The summed E-state index contributed by atoms with van der Waals surface area (Å²) in [6.07, 6.45) is 5.01. The maximum atomic E-state index is 11.7. The van der Waals surface area contributed by atoms with Gasteiger partial charge in [0.2, 0.25) is 5.91 Å². The van der Waals surface area contributed by atoms with Gasteiger partial charge in [-0.2, -0.15) is 0 Å². The molecule has 0 aromatic carbocycles. The summed E-state index contributed by atoms with van der Waals surface area (Å²) in [5.74, 6) is 0.561. The van der Waals surface area contributed by atoms with Gasteiger partial charge in [-0.25, -0.2) is 0 Å². The Hall–Kier alpha value is -0.530. The Morgan fingerprint density at radius 3 is 1.92 bits per heavy atom. The largest absolute Gasteiger partial charge is 0.337 e. The molecule has 2 bridgehead atoms. The molecule has 12 heavy (non-hydrogen) atoms. The lowest BCUT2D eigenvalue weighted by atomic mass is 10.0. The Balaban J connectivity index is 2.09. The highest BCUT2D eigenvalue weighted by molar-refractivity contribution is 5.79. The van der Waals surface area contributed by atoms with Gasteiger partial charge in [0.15, 0.2) is 0 Å². The fraction of sp³-hybridized carbons (Fsp3) is 0.900. The van der Waals surface area contributed by atoms with Crippen LogP contribution in [-0.4, -0.2) is 22.9 Å². The van der Waals surface area contributed by atoms with E-state index in [0.29, 0.717) is 18.0 Å². The third kappa shape index (κ3) is 1.05. The number of hydrogen-bond donors (Lipinski definition) is 0. The van der Waals surface area contributed by atoms with Crippen LogP contribution in [0.3, 0.4) is 0 Å². The molecule has 0 aliphatic carbocycles. The molecule has 2 fully saturated rings. The minimum absolute atomic E-state index is 0.186. The lowest BCUT2D eigenvalue weighted by Gasteiger charge is -2.23. The molecule has 0 saturated carbocycles. The van der Waals surface area contributed by atoms with E-state index in [9.17, 15) is 4.79 Å². The first-order valence-electron chi connectivity index (χ1n) is 5.02. The zero-order valence-electron chi connectivity index (χ0n) is 7.92. The van der Waals surface area contributed by atoms with Gasteiger partial charge in [0, 0.05) is 18.0 Å². The molecule has 0 aromatic heterocycles. The Morgan fingerprint density at radius 2 is 1.58 bits per heavy atom. The first-order chi connectivity index (χ1) is 5.70. The van der Waals surface area contributed by atoms with Gasteiger partial charge in [0.05, 0.1) is 0 Å². The van der Waals surface area contributed by atoms with Crippen LogP contribution < -0.4 is 0 Å². The van der Waals surface area contributed by atoms with Crippen LogP contribution in [-0.2, 0) is 4.79 Å². The van der Waals surface area contributed by atoms with Crippen LogP contribution in [0.25, 0.3) is 0 Å². The van der Waals surface area contributed by atoms with Crippen molar-refractivity contribution in [2.75, 3.05) is 0 Å². The van der Waals surface area contributed by atoms with Crippen LogP contribution in [0.15, 0.2) is 0 Å². The first-order valence-corrected chi connectivity index (χ1v) is 5.02. The summed E-state index contributed by atoms with van der Waals surface area (Å²) in [6.45, 7) is 4.00. The van der Waals surface area contributed by atoms with Crippen molar-refractivity contribution < 1.29 is 4.79 Å². The first kappa shape index (κ1) is 8.09. The van der Waals surface area contributed by atoms with E-state index in [1.54, 1.807) is 0 Å². The number of carbonyl (C=O) groups excluding carboxylic acids is 1. The zero-order valence-corrected chi connectivity index (χ0v) is 7.92. The topological polar surface area (TPSA) is 20.3 Å². The van der Waals surface area contributed by atoms with Gasteiger partial charge in [-0.15, -0.1) is 0 Å². The number of fused-ring (bicyclic) bond motifs is 2. The second-order valence-corrected chi connectivity index (χ2v) is 4.36. The van der Waals surface area contributed by atoms with Gasteiger partial charge in [-0.1, -0.05) is 13.8 Å². The fourth-order valence-electron chi connectivity index (χ4n) is 2.57. The molecular formula is C10H17NO. The highest BCUT2D eigenvalue weighted by Gasteiger charge is 2.42. The normalized spacial score (nSPS) is 33.4. The number of amides is 1. The van der Waals surface area contributed by atoms with E-state index in [1.165, 1.54) is 25.7 Å². The molecule has 68 valence electrons. The maximum absolute atomic E-state index is 11.7. The van der Waals surface area contributed by atoms with Gasteiger partial charge in [0.25, 0.3) is 0 Å². The molecule has 2 heteroatoms. The van der Waals surface area contributed by atoms with E-state index in [2.05, 4.69) is 4.90 Å². The number of nitrogens with zero attached hydrogens (tertiary/aromatic N) is 1. The monoisotopic (exact) mass is 167 g/mol. The summed E-state index contributed by atoms with van der Waals surface area (Å²) in [7, 11) is 0. The summed E-state index contributed by atoms with van der Waals surface area (Å²) in [4.78, 5) is 13.9. The van der Waals surface area contributed by atoms with Crippen molar-refractivity contribution in [2.24, 2.45) is 5.92 Å². The van der Waals surface area contributed by atoms with Crippen molar-refractivity contribution >= 4 is 5.91 Å². The molecule has 0 unspecified atom stereocenters. The smallest absolute Gasteiger partial charge is 0.225 e. The summed E-state index contributed by atoms with van der Waals surface area (Å²) >= 11 is 0. The van der Waals surface area contributed by atoms with Crippen molar-refractivity contribution in [3.05, 3.63) is 0 Å². The molecule has 2 saturated heterocycles. The average Bonchev–Trinajstić information content (AvgIpc) is 2.61. The van der Waals surface area contributed by atoms with Gasteiger partial charge in [-0.3, -0.25) is 4.79 Å². The SMILES string of the molecule is CC(C)C(=O)N1C2CCC1CC2. The second kappa shape index (κ2) is 2.75. The predicted molar refractivity (Wildman–Crippen MR) is 47.7 cm³/mol. The number of hydrogen-bond acceptors (Lipinski definition) is 1. The molecule has 0 aromatic rings. The van der Waals surface area contributed by atoms with E-state index < -0.39 is 0 Å². The Labute approximate surface area is 73.9 Å². The van der Waals surface area contributed by atoms with E-state index in [-0.39, 0.29) is 5.92 Å². The van der Waals surface area contributed by atoms with Crippen LogP contribution in [0.4, 0.5) is 0 Å². The third-order valence-electron chi connectivity index (χ3n) is 3.20. The van der Waals surface area contributed by atoms with Crippen molar-refractivity contribution in [2.45, 2.75) is 51.6 Å². The molecule has 2 nitrogen and oxygen atoms in total. The molecule has 2 heterocycles. The van der Waals surface area contributed by atoms with Gasteiger partial charge >= 0.3 is 0 Å². The summed E-state index contributed by atoms with van der Waals surface area (Å²) in [5.41, 5.74) is 0. The average molecular weight is 167 g/mol. The molecule has 2 aliphatic rings. The number of rotatable bonds is 1. The fourth-order valence-corrected chi connectivity index (χ4v) is 2.57. The summed E-state index contributed by atoms with van der Waals surface area (Å²) in [5, 5.41) is 0. The molecule has 0 atom stereocenters. The van der Waals surface area contributed by atoms with Crippen molar-refractivity contribution in [1.82, 2.24) is 4.90 Å². The van der Waals surface area contributed by atoms with Crippen LogP contribution in [0, 0.1) is 5.92 Å². The van der Waals surface area contributed by atoms with Crippen LogP contribution in [0.5, 0.6) is 0 Å². The third-order valence-corrected chi connectivity index (χ3v) is 3.20. The minimum atomic E-state index is 0.186. The highest BCUT2D eigenvalue weighted by atomic mass is 16.2. The van der Waals surface area contributed by atoms with E-state index in [1.807, 2.05) is 13.8 Å². The molecule has 2 aliphatic heterocycles. The lowest BCUT2D eigenvalue weighted by molar-refractivity contribution is -0.135. The molecule has 2 rings (SSSR count).